The molecule has 0 spiro atoms. The van der Waals surface area contributed by atoms with Gasteiger partial charge in [0.25, 0.3) is 5.91 Å². The first-order valence-corrected chi connectivity index (χ1v) is 7.26. The molecule has 102 valence electrons. The Bertz CT molecular complexity index is 621. The fourth-order valence-corrected chi connectivity index (χ4v) is 4.00. The van der Waals surface area contributed by atoms with Gasteiger partial charge in [0.05, 0.1) is 6.54 Å². The summed E-state index contributed by atoms with van der Waals surface area (Å²) in [6.45, 7) is -0.248. The maximum atomic E-state index is 14.5. The Morgan fingerprint density at radius 1 is 1.53 bits per heavy atom. The number of nitrogens with one attached hydrogen (secondary N) is 1. The lowest BCUT2D eigenvalue weighted by Gasteiger charge is -2.17. The van der Waals surface area contributed by atoms with Gasteiger partial charge < -0.3 is 5.32 Å². The van der Waals surface area contributed by atoms with Gasteiger partial charge in [0.1, 0.15) is 4.90 Å². The van der Waals surface area contributed by atoms with Crippen molar-refractivity contribution < 1.29 is 17.6 Å². The number of carbonyl (C=O) groups is 1. The van der Waals surface area contributed by atoms with Crippen molar-refractivity contribution in [3.63, 3.8) is 0 Å². The normalized spacial score (nSPS) is 31.2. The second-order valence-electron chi connectivity index (χ2n) is 4.76. The average Bonchev–Trinajstić information content (AvgIpc) is 2.88. The van der Waals surface area contributed by atoms with Crippen molar-refractivity contribution in [2.24, 2.45) is 5.92 Å². The summed E-state index contributed by atoms with van der Waals surface area (Å²) in [5.41, 5.74) is -2.10. The minimum Gasteiger partial charge on any atom is -0.353 e. The summed E-state index contributed by atoms with van der Waals surface area (Å²) in [6, 6.07) is 2.91. The van der Waals surface area contributed by atoms with Gasteiger partial charge in [-0.05, 0) is 12.1 Å². The van der Waals surface area contributed by atoms with Gasteiger partial charge in [0.15, 0.2) is 0 Å². The van der Waals surface area contributed by atoms with E-state index in [4.69, 9.17) is 0 Å². The van der Waals surface area contributed by atoms with Crippen molar-refractivity contribution in [2.45, 2.75) is 10.6 Å². The molecule has 0 aliphatic carbocycles. The first-order valence-electron chi connectivity index (χ1n) is 5.82. The zero-order valence-corrected chi connectivity index (χ0v) is 10.7. The smallest absolute Gasteiger partial charge is 0.259 e. The molecule has 2 atom stereocenters. The minimum atomic E-state index is -3.79. The summed E-state index contributed by atoms with van der Waals surface area (Å²) < 4.78 is 40.1. The van der Waals surface area contributed by atoms with Gasteiger partial charge in [0, 0.05) is 31.4 Å². The first-order chi connectivity index (χ1) is 8.94. The molecule has 6 nitrogen and oxygen atoms in total. The number of sulfonamides is 1. The summed E-state index contributed by atoms with van der Waals surface area (Å²) in [5.74, 6) is -1.34. The molecule has 3 heterocycles. The number of alkyl halides is 1. The van der Waals surface area contributed by atoms with Crippen LogP contribution in [0.3, 0.4) is 0 Å². The lowest BCUT2D eigenvalue weighted by atomic mass is 9.97. The van der Waals surface area contributed by atoms with Crippen molar-refractivity contribution in [3.05, 3.63) is 24.5 Å². The van der Waals surface area contributed by atoms with Gasteiger partial charge in [0.2, 0.25) is 15.7 Å². The molecule has 1 N–H and O–H groups in total. The fraction of sp³-hybridized carbons (Fsp3) is 0.455. The van der Waals surface area contributed by atoms with E-state index in [9.17, 15) is 17.6 Å². The molecule has 19 heavy (non-hydrogen) atoms. The lowest BCUT2D eigenvalue weighted by Crippen LogP contribution is -2.41. The monoisotopic (exact) mass is 285 g/mol. The highest BCUT2D eigenvalue weighted by Crippen LogP contribution is 2.37. The molecule has 0 radical (unpaired) electrons. The van der Waals surface area contributed by atoms with Gasteiger partial charge in [-0.15, -0.1) is 0 Å². The number of rotatable bonds is 2. The predicted molar refractivity (Wildman–Crippen MR) is 63.3 cm³/mol. The maximum absolute atomic E-state index is 14.5. The highest BCUT2D eigenvalue weighted by Gasteiger charge is 2.59. The van der Waals surface area contributed by atoms with Crippen LogP contribution in [0.4, 0.5) is 4.39 Å². The quantitative estimate of drug-likeness (QED) is 0.797. The molecular formula is C11H12FN3O3S. The highest BCUT2D eigenvalue weighted by molar-refractivity contribution is 7.89. The molecule has 0 unspecified atom stereocenters. The van der Waals surface area contributed by atoms with Crippen LogP contribution in [0, 0.1) is 5.92 Å². The number of fused-ring (bicyclic) bond motifs is 1. The third-order valence-corrected chi connectivity index (χ3v) is 5.43. The number of amides is 1. The fourth-order valence-electron chi connectivity index (χ4n) is 2.52. The average molecular weight is 285 g/mol. The van der Waals surface area contributed by atoms with Crippen LogP contribution in [-0.4, -0.2) is 48.9 Å². The van der Waals surface area contributed by atoms with Crippen LogP contribution in [0.1, 0.15) is 0 Å². The largest absolute Gasteiger partial charge is 0.353 e. The summed E-state index contributed by atoms with van der Waals surface area (Å²) >= 11 is 0. The van der Waals surface area contributed by atoms with Crippen molar-refractivity contribution in [1.29, 1.82) is 0 Å². The molecule has 0 saturated carbocycles. The second kappa shape index (κ2) is 3.97. The number of hydrogen-bond acceptors (Lipinski definition) is 4. The molecule has 0 aromatic carbocycles. The lowest BCUT2D eigenvalue weighted by molar-refractivity contribution is -0.129. The van der Waals surface area contributed by atoms with Crippen molar-refractivity contribution in [2.75, 3.05) is 19.6 Å². The van der Waals surface area contributed by atoms with Crippen LogP contribution in [0.2, 0.25) is 0 Å². The van der Waals surface area contributed by atoms with Crippen LogP contribution in [-0.2, 0) is 14.8 Å². The SMILES string of the molecule is O=C1NC[C@@H]2CN(S(=O)(=O)c3cccnc3)C[C@]12F. The van der Waals surface area contributed by atoms with E-state index >= 15 is 0 Å². The van der Waals surface area contributed by atoms with Gasteiger partial charge in [-0.1, -0.05) is 0 Å². The first kappa shape index (κ1) is 12.5. The summed E-state index contributed by atoms with van der Waals surface area (Å²) in [4.78, 5) is 15.2. The summed E-state index contributed by atoms with van der Waals surface area (Å²) in [7, 11) is -3.79. The van der Waals surface area contributed by atoms with Crippen LogP contribution in [0.25, 0.3) is 0 Å². The third-order valence-electron chi connectivity index (χ3n) is 3.64. The van der Waals surface area contributed by atoms with E-state index in [2.05, 4.69) is 10.3 Å². The Morgan fingerprint density at radius 3 is 2.95 bits per heavy atom. The molecular weight excluding hydrogens is 273 g/mol. The molecule has 1 aromatic heterocycles. The van der Waals surface area contributed by atoms with Crippen LogP contribution in [0.5, 0.6) is 0 Å². The van der Waals surface area contributed by atoms with Crippen molar-refractivity contribution >= 4 is 15.9 Å². The Morgan fingerprint density at radius 2 is 2.32 bits per heavy atom. The maximum Gasteiger partial charge on any atom is 0.259 e. The number of aromatic nitrogens is 1. The molecule has 1 aromatic rings. The Labute approximate surface area is 109 Å². The Kier molecular flexibility index (Phi) is 2.61. The standard InChI is InChI=1S/C11H12FN3O3S/c12-11-7-15(6-8(11)4-14-10(11)16)19(17,18)9-2-1-3-13-5-9/h1-3,5,8H,4,6-7H2,(H,14,16)/t8-,11-/m1/s1. The second-order valence-corrected chi connectivity index (χ2v) is 6.69. The van der Waals surface area contributed by atoms with Gasteiger partial charge in [-0.3, -0.25) is 9.78 Å². The molecule has 3 rings (SSSR count). The van der Waals surface area contributed by atoms with E-state index in [-0.39, 0.29) is 18.0 Å². The van der Waals surface area contributed by atoms with Gasteiger partial charge in [-0.25, -0.2) is 12.8 Å². The number of hydrogen-bond donors (Lipinski definition) is 1. The Hall–Kier alpha value is -1.54. The highest BCUT2D eigenvalue weighted by atomic mass is 32.2. The van der Waals surface area contributed by atoms with E-state index in [1.165, 1.54) is 24.5 Å². The Balaban J connectivity index is 1.92. The number of nitrogens with zero attached hydrogens (tertiary/aromatic N) is 2. The van der Waals surface area contributed by atoms with Crippen molar-refractivity contribution in [3.8, 4) is 0 Å². The molecule has 0 bridgehead atoms. The summed E-state index contributed by atoms with van der Waals surface area (Å²) in [6.07, 6.45) is 2.68. The van der Waals surface area contributed by atoms with Crippen LogP contribution < -0.4 is 5.32 Å². The third kappa shape index (κ3) is 1.74. The summed E-state index contributed by atoms with van der Waals surface area (Å²) in [5, 5.41) is 2.43. The number of pyridine rings is 1. The molecule has 2 saturated heterocycles. The molecule has 2 aliphatic rings. The van der Waals surface area contributed by atoms with Gasteiger partial charge >= 0.3 is 0 Å². The van der Waals surface area contributed by atoms with Crippen LogP contribution in [0.15, 0.2) is 29.4 Å². The zero-order valence-electron chi connectivity index (χ0n) is 9.91. The zero-order chi connectivity index (χ0) is 13.7. The van der Waals surface area contributed by atoms with E-state index < -0.39 is 34.1 Å². The molecule has 8 heteroatoms. The van der Waals surface area contributed by atoms with Gasteiger partial charge in [-0.2, -0.15) is 4.31 Å². The molecule has 2 aliphatic heterocycles. The minimum absolute atomic E-state index is 0.00642. The number of halogens is 1. The van der Waals surface area contributed by atoms with E-state index in [0.29, 0.717) is 0 Å². The van der Waals surface area contributed by atoms with E-state index in [1.807, 2.05) is 0 Å². The van der Waals surface area contributed by atoms with E-state index in [0.717, 1.165) is 4.31 Å². The van der Waals surface area contributed by atoms with E-state index in [1.54, 1.807) is 0 Å². The number of carbonyl (C=O) groups excluding carboxylic acids is 1. The molecule has 2 fully saturated rings. The molecule has 1 amide bonds. The van der Waals surface area contributed by atoms with Crippen LogP contribution >= 0.6 is 0 Å². The van der Waals surface area contributed by atoms with Crippen molar-refractivity contribution in [1.82, 2.24) is 14.6 Å². The topological polar surface area (TPSA) is 79.4 Å². The predicted octanol–water partition coefficient (Wildman–Crippen LogP) is -0.460.